The van der Waals surface area contributed by atoms with Crippen LogP contribution in [0.1, 0.15) is 19.3 Å². The van der Waals surface area contributed by atoms with Crippen LogP contribution < -0.4 is 0 Å². The molecular formula is C14H14O4. The quantitative estimate of drug-likeness (QED) is 0.758. The van der Waals surface area contributed by atoms with Gasteiger partial charge in [0.2, 0.25) is 0 Å². The van der Waals surface area contributed by atoms with Gasteiger partial charge in [-0.25, -0.2) is 4.79 Å². The van der Waals surface area contributed by atoms with E-state index in [0.717, 1.165) is 23.8 Å². The molecule has 0 saturated heterocycles. The molecule has 0 aromatic carbocycles. The zero-order valence-corrected chi connectivity index (χ0v) is 10.1. The number of methoxy groups -OCH3 is 1. The summed E-state index contributed by atoms with van der Waals surface area (Å²) in [6, 6.07) is 0. The monoisotopic (exact) mass is 246 g/mol. The second-order valence-electron chi connectivity index (χ2n) is 4.20. The van der Waals surface area contributed by atoms with Gasteiger partial charge in [-0.3, -0.25) is 4.79 Å². The third kappa shape index (κ3) is 2.42. The van der Waals surface area contributed by atoms with E-state index in [0.29, 0.717) is 24.0 Å². The van der Waals surface area contributed by atoms with E-state index < -0.39 is 5.97 Å². The van der Waals surface area contributed by atoms with E-state index in [1.807, 2.05) is 6.08 Å². The Bertz CT molecular complexity index is 518. The average Bonchev–Trinajstić information content (AvgIpc) is 2.55. The van der Waals surface area contributed by atoms with Crippen LogP contribution >= 0.6 is 0 Å². The number of carbonyl (C=O) groups is 2. The molecule has 0 aliphatic heterocycles. The van der Waals surface area contributed by atoms with Crippen LogP contribution in [0.4, 0.5) is 0 Å². The highest BCUT2D eigenvalue weighted by Gasteiger charge is 2.24. The first-order chi connectivity index (χ1) is 8.61. The molecule has 0 aromatic rings. The zero-order valence-electron chi connectivity index (χ0n) is 10.1. The summed E-state index contributed by atoms with van der Waals surface area (Å²) < 4.78 is 5.13. The molecule has 2 aliphatic carbocycles. The van der Waals surface area contributed by atoms with E-state index in [4.69, 9.17) is 9.84 Å². The summed E-state index contributed by atoms with van der Waals surface area (Å²) in [7, 11) is 1.58. The fourth-order valence-corrected chi connectivity index (χ4v) is 2.17. The number of rotatable bonds is 2. The lowest BCUT2D eigenvalue weighted by Crippen LogP contribution is -2.14. The number of carbonyl (C=O) groups excluding carboxylic acids is 1. The van der Waals surface area contributed by atoms with Crippen molar-refractivity contribution in [3.05, 3.63) is 46.8 Å². The molecule has 4 nitrogen and oxygen atoms in total. The maximum Gasteiger partial charge on any atom is 0.328 e. The normalized spacial score (nSPS) is 21.5. The van der Waals surface area contributed by atoms with Crippen molar-refractivity contribution in [2.75, 3.05) is 7.11 Å². The van der Waals surface area contributed by atoms with Crippen LogP contribution in [0.2, 0.25) is 0 Å². The minimum atomic E-state index is -1.07. The molecule has 2 aliphatic rings. The number of hydrogen-bond acceptors (Lipinski definition) is 3. The van der Waals surface area contributed by atoms with E-state index in [1.165, 1.54) is 0 Å². The number of carboxylic acid groups (broad SMARTS) is 1. The molecule has 0 spiro atoms. The van der Waals surface area contributed by atoms with Crippen LogP contribution in [0.15, 0.2) is 46.8 Å². The molecular weight excluding hydrogens is 232 g/mol. The van der Waals surface area contributed by atoms with Crippen molar-refractivity contribution >= 4 is 11.8 Å². The molecule has 0 radical (unpaired) electrons. The van der Waals surface area contributed by atoms with Crippen molar-refractivity contribution in [3.8, 4) is 0 Å². The number of aliphatic carboxylic acids is 1. The maximum absolute atomic E-state index is 12.1. The largest absolute Gasteiger partial charge is 0.497 e. The minimum Gasteiger partial charge on any atom is -0.497 e. The summed E-state index contributed by atoms with van der Waals surface area (Å²) in [5.74, 6) is -0.530. The lowest BCUT2D eigenvalue weighted by atomic mass is 9.85. The minimum absolute atomic E-state index is 0.180. The molecule has 18 heavy (non-hydrogen) atoms. The Morgan fingerprint density at radius 2 is 2.17 bits per heavy atom. The topological polar surface area (TPSA) is 63.6 Å². The van der Waals surface area contributed by atoms with Crippen molar-refractivity contribution in [2.24, 2.45) is 0 Å². The number of ketones is 1. The van der Waals surface area contributed by atoms with Gasteiger partial charge in [-0.05, 0) is 37.5 Å². The molecule has 0 heterocycles. The maximum atomic E-state index is 12.1. The summed E-state index contributed by atoms with van der Waals surface area (Å²) in [6.07, 6.45) is 8.29. The van der Waals surface area contributed by atoms with E-state index in [-0.39, 0.29) is 5.78 Å². The predicted octanol–water partition coefficient (Wildman–Crippen LogP) is 2.15. The van der Waals surface area contributed by atoms with Crippen LogP contribution in [0.3, 0.4) is 0 Å². The molecule has 0 atom stereocenters. The van der Waals surface area contributed by atoms with E-state index in [9.17, 15) is 9.59 Å². The number of hydrogen-bond donors (Lipinski definition) is 1. The lowest BCUT2D eigenvalue weighted by Gasteiger charge is -2.17. The molecule has 1 N–H and O–H groups in total. The Morgan fingerprint density at radius 3 is 2.83 bits per heavy atom. The number of ether oxygens (including phenoxy) is 1. The highest BCUT2D eigenvalue weighted by atomic mass is 16.5. The first-order valence-corrected chi connectivity index (χ1v) is 5.74. The molecule has 0 unspecified atom stereocenters. The Labute approximate surface area is 105 Å². The van der Waals surface area contributed by atoms with Crippen molar-refractivity contribution in [2.45, 2.75) is 19.3 Å². The van der Waals surface area contributed by atoms with Crippen LogP contribution in [0.25, 0.3) is 0 Å². The Hall–Kier alpha value is -2.10. The summed E-state index contributed by atoms with van der Waals surface area (Å²) in [5, 5.41) is 8.72. The lowest BCUT2D eigenvalue weighted by molar-refractivity contribution is -0.131. The van der Waals surface area contributed by atoms with Gasteiger partial charge in [0.15, 0.2) is 5.78 Å². The predicted molar refractivity (Wildman–Crippen MR) is 65.8 cm³/mol. The standard InChI is InChI=1S/C14H14O4/c1-18-11-5-4-9-2-3-10(8-13(15)16)14(17)12(9)7-6-11/h5-8H,2-4H2,1H3,(H,15,16). The van der Waals surface area contributed by atoms with Crippen LogP contribution in [-0.4, -0.2) is 24.0 Å². The van der Waals surface area contributed by atoms with Crippen molar-refractivity contribution in [1.29, 1.82) is 0 Å². The third-order valence-corrected chi connectivity index (χ3v) is 3.11. The fraction of sp³-hybridized carbons (Fsp3) is 0.286. The highest BCUT2D eigenvalue weighted by molar-refractivity contribution is 6.13. The van der Waals surface area contributed by atoms with Gasteiger partial charge in [-0.1, -0.05) is 5.57 Å². The van der Waals surface area contributed by atoms with Crippen LogP contribution in [0, 0.1) is 0 Å². The van der Waals surface area contributed by atoms with E-state index in [1.54, 1.807) is 19.3 Å². The van der Waals surface area contributed by atoms with Gasteiger partial charge >= 0.3 is 5.97 Å². The van der Waals surface area contributed by atoms with Gasteiger partial charge in [0.05, 0.1) is 7.11 Å². The molecule has 0 fully saturated rings. The SMILES string of the molecule is COC1=CCC2=C(C=C1)C(=O)C(=CC(=O)O)CC2. The van der Waals surface area contributed by atoms with Gasteiger partial charge in [-0.2, -0.15) is 0 Å². The first kappa shape index (κ1) is 12.4. The van der Waals surface area contributed by atoms with Gasteiger partial charge in [0.25, 0.3) is 0 Å². The van der Waals surface area contributed by atoms with Gasteiger partial charge < -0.3 is 9.84 Å². The molecule has 0 aromatic heterocycles. The Balaban J connectivity index is 2.32. The van der Waals surface area contributed by atoms with Crippen molar-refractivity contribution in [1.82, 2.24) is 0 Å². The summed E-state index contributed by atoms with van der Waals surface area (Å²) in [5.41, 5.74) is 2.02. The van der Waals surface area contributed by atoms with Crippen molar-refractivity contribution < 1.29 is 19.4 Å². The summed E-state index contributed by atoms with van der Waals surface area (Å²) in [4.78, 5) is 22.8. The summed E-state index contributed by atoms with van der Waals surface area (Å²) in [6.45, 7) is 0. The van der Waals surface area contributed by atoms with Gasteiger partial charge in [0, 0.05) is 17.2 Å². The fourth-order valence-electron chi connectivity index (χ4n) is 2.17. The van der Waals surface area contributed by atoms with Crippen LogP contribution in [-0.2, 0) is 14.3 Å². The summed E-state index contributed by atoms with van der Waals surface area (Å²) >= 11 is 0. The molecule has 4 heteroatoms. The molecule has 2 rings (SSSR count). The Morgan fingerprint density at radius 1 is 1.39 bits per heavy atom. The van der Waals surface area contributed by atoms with Crippen LogP contribution in [0.5, 0.6) is 0 Å². The molecule has 0 bridgehead atoms. The number of Topliss-reactive ketones (excluding diaryl/α,β-unsaturated/α-hetero) is 1. The van der Waals surface area contributed by atoms with Gasteiger partial charge in [0.1, 0.15) is 5.76 Å². The van der Waals surface area contributed by atoms with E-state index in [2.05, 4.69) is 0 Å². The average molecular weight is 246 g/mol. The zero-order chi connectivity index (χ0) is 13.1. The smallest absolute Gasteiger partial charge is 0.328 e. The number of allylic oxidation sites excluding steroid dienone is 6. The third-order valence-electron chi connectivity index (χ3n) is 3.11. The Kier molecular flexibility index (Phi) is 3.46. The second kappa shape index (κ2) is 5.04. The molecule has 0 amide bonds. The van der Waals surface area contributed by atoms with Crippen molar-refractivity contribution in [3.63, 3.8) is 0 Å². The molecule has 94 valence electrons. The molecule has 0 saturated carbocycles. The first-order valence-electron chi connectivity index (χ1n) is 5.74. The highest BCUT2D eigenvalue weighted by Crippen LogP contribution is 2.31. The number of carboxylic acids is 1. The van der Waals surface area contributed by atoms with Gasteiger partial charge in [-0.15, -0.1) is 0 Å². The second-order valence-corrected chi connectivity index (χ2v) is 4.20. The van der Waals surface area contributed by atoms with E-state index >= 15 is 0 Å².